The average molecular weight is 436 g/mol. The molecule has 0 aliphatic rings. The molecule has 0 radical (unpaired) electrons. The monoisotopic (exact) mass is 436 g/mol. The Morgan fingerprint density at radius 3 is 2.77 bits per heavy atom. The predicted octanol–water partition coefficient (Wildman–Crippen LogP) is 4.09. The standard InChI is InChI=1S/C21H13FN4O2S2/c22-13-6-4-12(5-7-13)15-11-29-20-18(15)19(28)24-21(25-20)30-10-14-9-17(27)26-8-2-1-3-16(26)23-14/h1-9,11H,10H2,(H,24,25,28). The Hall–Kier alpha value is -3.30. The second kappa shape index (κ2) is 7.51. The number of aromatic nitrogens is 4. The molecule has 9 heteroatoms. The first-order valence-electron chi connectivity index (χ1n) is 8.96. The molecule has 5 rings (SSSR count). The van der Waals surface area contributed by atoms with Crippen molar-refractivity contribution in [3.8, 4) is 11.1 Å². The van der Waals surface area contributed by atoms with Crippen molar-refractivity contribution in [1.82, 2.24) is 19.4 Å². The molecule has 4 heterocycles. The van der Waals surface area contributed by atoms with Gasteiger partial charge in [0.1, 0.15) is 16.3 Å². The highest BCUT2D eigenvalue weighted by Gasteiger charge is 2.14. The number of fused-ring (bicyclic) bond motifs is 2. The first-order chi connectivity index (χ1) is 14.6. The SMILES string of the molecule is O=c1[nH]c(SCc2cc(=O)n3ccccc3n2)nc2scc(-c3ccc(F)cc3)c12. The molecule has 1 N–H and O–H groups in total. The Labute approximate surface area is 177 Å². The van der Waals surface area contributed by atoms with Gasteiger partial charge in [-0.3, -0.25) is 14.0 Å². The van der Waals surface area contributed by atoms with Crippen LogP contribution in [0.4, 0.5) is 4.39 Å². The van der Waals surface area contributed by atoms with Gasteiger partial charge in [0.2, 0.25) is 0 Å². The minimum Gasteiger partial charge on any atom is -0.301 e. The number of rotatable bonds is 4. The van der Waals surface area contributed by atoms with E-state index in [2.05, 4.69) is 15.0 Å². The minimum atomic E-state index is -0.328. The lowest BCUT2D eigenvalue weighted by Crippen LogP contribution is -2.15. The van der Waals surface area contributed by atoms with Gasteiger partial charge in [0, 0.05) is 29.0 Å². The number of benzene rings is 1. The van der Waals surface area contributed by atoms with Gasteiger partial charge in [-0.15, -0.1) is 11.3 Å². The molecule has 0 saturated heterocycles. The van der Waals surface area contributed by atoms with Gasteiger partial charge in [-0.25, -0.2) is 14.4 Å². The molecule has 0 saturated carbocycles. The van der Waals surface area contributed by atoms with Crippen LogP contribution in [0.5, 0.6) is 0 Å². The molecule has 0 unspecified atom stereocenters. The molecule has 30 heavy (non-hydrogen) atoms. The third-order valence-corrected chi connectivity index (χ3v) is 6.34. The van der Waals surface area contributed by atoms with Crippen LogP contribution in [0, 0.1) is 5.82 Å². The molecule has 4 aromatic heterocycles. The number of hydrogen-bond donors (Lipinski definition) is 1. The van der Waals surface area contributed by atoms with Crippen LogP contribution in [-0.4, -0.2) is 19.4 Å². The topological polar surface area (TPSA) is 80.1 Å². The first-order valence-corrected chi connectivity index (χ1v) is 10.8. The first kappa shape index (κ1) is 18.7. The van der Waals surface area contributed by atoms with Gasteiger partial charge in [-0.1, -0.05) is 30.0 Å². The summed E-state index contributed by atoms with van der Waals surface area (Å²) in [5, 5.41) is 2.79. The molecule has 148 valence electrons. The number of aromatic amines is 1. The average Bonchev–Trinajstić information content (AvgIpc) is 3.17. The minimum absolute atomic E-state index is 0.157. The van der Waals surface area contributed by atoms with Gasteiger partial charge in [-0.2, -0.15) is 0 Å². The molecule has 0 atom stereocenters. The van der Waals surface area contributed by atoms with Crippen molar-refractivity contribution in [2.75, 3.05) is 0 Å². The zero-order chi connectivity index (χ0) is 20.7. The van der Waals surface area contributed by atoms with Crippen LogP contribution in [0.2, 0.25) is 0 Å². The number of nitrogens with zero attached hydrogens (tertiary/aromatic N) is 3. The maximum atomic E-state index is 13.2. The normalized spacial score (nSPS) is 11.4. The van der Waals surface area contributed by atoms with E-state index in [9.17, 15) is 14.0 Å². The zero-order valence-electron chi connectivity index (χ0n) is 15.3. The van der Waals surface area contributed by atoms with Gasteiger partial charge in [0.15, 0.2) is 5.16 Å². The van der Waals surface area contributed by atoms with Crippen LogP contribution in [0.1, 0.15) is 5.69 Å². The van der Waals surface area contributed by atoms with Crippen molar-refractivity contribution >= 4 is 39.0 Å². The van der Waals surface area contributed by atoms with Crippen LogP contribution in [0.25, 0.3) is 27.0 Å². The molecule has 0 aliphatic heterocycles. The molecule has 1 aromatic carbocycles. The van der Waals surface area contributed by atoms with Crippen LogP contribution >= 0.6 is 23.1 Å². The van der Waals surface area contributed by atoms with Crippen LogP contribution in [-0.2, 0) is 5.75 Å². The predicted molar refractivity (Wildman–Crippen MR) is 117 cm³/mol. The van der Waals surface area contributed by atoms with E-state index in [0.29, 0.717) is 32.5 Å². The van der Waals surface area contributed by atoms with E-state index >= 15 is 0 Å². The lowest BCUT2D eigenvalue weighted by atomic mass is 10.1. The summed E-state index contributed by atoms with van der Waals surface area (Å²) in [4.78, 5) is 37.4. The quantitative estimate of drug-likeness (QED) is 0.339. The van der Waals surface area contributed by atoms with E-state index in [0.717, 1.165) is 11.1 Å². The van der Waals surface area contributed by atoms with Crippen molar-refractivity contribution in [3.63, 3.8) is 0 Å². The van der Waals surface area contributed by atoms with E-state index in [1.165, 1.54) is 45.7 Å². The Balaban J connectivity index is 1.45. The molecule has 0 spiro atoms. The summed E-state index contributed by atoms with van der Waals surface area (Å²) in [6.07, 6.45) is 1.67. The van der Waals surface area contributed by atoms with Gasteiger partial charge in [0.05, 0.1) is 11.1 Å². The highest BCUT2D eigenvalue weighted by atomic mass is 32.2. The fourth-order valence-corrected chi connectivity index (χ4v) is 4.92. The van der Waals surface area contributed by atoms with Crippen molar-refractivity contribution in [2.24, 2.45) is 0 Å². The third kappa shape index (κ3) is 3.42. The molecule has 0 amide bonds. The number of pyridine rings is 1. The number of hydrogen-bond acceptors (Lipinski definition) is 6. The van der Waals surface area contributed by atoms with E-state index in [-0.39, 0.29) is 16.9 Å². The summed E-state index contributed by atoms with van der Waals surface area (Å²) in [6.45, 7) is 0. The second-order valence-electron chi connectivity index (χ2n) is 6.51. The van der Waals surface area contributed by atoms with Crippen LogP contribution in [0.3, 0.4) is 0 Å². The Morgan fingerprint density at radius 1 is 1.10 bits per heavy atom. The van der Waals surface area contributed by atoms with E-state index in [4.69, 9.17) is 0 Å². The van der Waals surface area contributed by atoms with Gasteiger partial charge in [-0.05, 0) is 29.8 Å². The number of halogens is 1. The maximum absolute atomic E-state index is 13.2. The fourth-order valence-electron chi connectivity index (χ4n) is 3.16. The summed E-state index contributed by atoms with van der Waals surface area (Å²) in [7, 11) is 0. The molecule has 0 aliphatic carbocycles. The Morgan fingerprint density at radius 2 is 1.93 bits per heavy atom. The largest absolute Gasteiger partial charge is 0.301 e. The van der Waals surface area contributed by atoms with E-state index in [1.807, 2.05) is 11.4 Å². The smallest absolute Gasteiger partial charge is 0.260 e. The summed E-state index contributed by atoms with van der Waals surface area (Å²) < 4.78 is 14.7. The van der Waals surface area contributed by atoms with Crippen molar-refractivity contribution in [1.29, 1.82) is 0 Å². The van der Waals surface area contributed by atoms with Crippen LogP contribution in [0.15, 0.2) is 74.9 Å². The molecule has 5 aromatic rings. The van der Waals surface area contributed by atoms with E-state index < -0.39 is 0 Å². The van der Waals surface area contributed by atoms with Gasteiger partial charge < -0.3 is 4.98 Å². The highest BCUT2D eigenvalue weighted by molar-refractivity contribution is 7.98. The van der Waals surface area contributed by atoms with Crippen LogP contribution < -0.4 is 11.1 Å². The van der Waals surface area contributed by atoms with Gasteiger partial charge >= 0.3 is 0 Å². The lowest BCUT2D eigenvalue weighted by Gasteiger charge is -2.04. The zero-order valence-corrected chi connectivity index (χ0v) is 17.0. The molecule has 6 nitrogen and oxygen atoms in total. The highest BCUT2D eigenvalue weighted by Crippen LogP contribution is 2.31. The number of thiophene rings is 1. The van der Waals surface area contributed by atoms with E-state index in [1.54, 1.807) is 30.5 Å². The summed E-state index contributed by atoms with van der Waals surface area (Å²) in [5.74, 6) is 0.0663. The van der Waals surface area contributed by atoms with Gasteiger partial charge in [0.25, 0.3) is 11.1 Å². The van der Waals surface area contributed by atoms with Crippen molar-refractivity contribution in [3.05, 3.63) is 92.3 Å². The summed E-state index contributed by atoms with van der Waals surface area (Å²) >= 11 is 2.67. The molecule has 0 bridgehead atoms. The summed E-state index contributed by atoms with van der Waals surface area (Å²) in [5.41, 5.74) is 2.25. The fraction of sp³-hybridized carbons (Fsp3) is 0.0476. The molecular weight excluding hydrogens is 423 g/mol. The summed E-state index contributed by atoms with van der Waals surface area (Å²) in [6, 6.07) is 12.9. The number of thioether (sulfide) groups is 1. The van der Waals surface area contributed by atoms with Crippen molar-refractivity contribution < 1.29 is 4.39 Å². The maximum Gasteiger partial charge on any atom is 0.260 e. The second-order valence-corrected chi connectivity index (χ2v) is 8.33. The Bertz CT molecular complexity index is 1510. The molecule has 0 fully saturated rings. The number of nitrogens with one attached hydrogen (secondary N) is 1. The number of H-pyrrole nitrogens is 1. The lowest BCUT2D eigenvalue weighted by molar-refractivity contribution is 0.628. The third-order valence-electron chi connectivity index (χ3n) is 4.56. The molecular formula is C21H13FN4O2S2. The van der Waals surface area contributed by atoms with Crippen molar-refractivity contribution in [2.45, 2.75) is 10.9 Å². The Kier molecular flexibility index (Phi) is 4.68.